The van der Waals surface area contributed by atoms with Gasteiger partial charge in [-0.05, 0) is 6.07 Å². The Morgan fingerprint density at radius 1 is 1.40 bits per heavy atom. The lowest BCUT2D eigenvalue weighted by Gasteiger charge is -2.02. The molecule has 1 aromatic rings. The van der Waals surface area contributed by atoms with Gasteiger partial charge in [-0.15, -0.1) is 0 Å². The van der Waals surface area contributed by atoms with E-state index in [1.807, 2.05) is 30.5 Å². The maximum Gasteiger partial charge on any atom is 0.290 e. The lowest BCUT2D eigenvalue weighted by Crippen LogP contribution is -2.28. The van der Waals surface area contributed by atoms with Crippen molar-refractivity contribution in [2.24, 2.45) is 10.8 Å². The lowest BCUT2D eigenvalue weighted by atomic mass is 10.3. The minimum Gasteiger partial charge on any atom is -0.483 e. The minimum absolute atomic E-state index is 0.250. The van der Waals surface area contributed by atoms with Crippen LogP contribution in [0, 0.1) is 0 Å². The van der Waals surface area contributed by atoms with Gasteiger partial charge in [-0.25, -0.2) is 5.84 Å². The maximum absolute atomic E-state index is 8.36. The number of hydrogen-bond donors (Lipinski definition) is 2. The molecule has 1 aliphatic rings. The Kier molecular flexibility index (Phi) is 4.05. The summed E-state index contributed by atoms with van der Waals surface area (Å²) in [6.07, 6.45) is 5.23. The molecule has 0 bridgehead atoms. The summed E-state index contributed by atoms with van der Waals surface area (Å²) in [5, 5.41) is 10.4. The van der Waals surface area contributed by atoms with Crippen molar-refractivity contribution in [2.75, 3.05) is 0 Å². The van der Waals surface area contributed by atoms with E-state index in [9.17, 15) is 0 Å². The molecule has 0 radical (unpaired) electrons. The third kappa shape index (κ3) is 3.24. The zero-order valence-electron chi connectivity index (χ0n) is 7.95. The largest absolute Gasteiger partial charge is 0.483 e. The molecule has 78 valence electrons. The summed E-state index contributed by atoms with van der Waals surface area (Å²) in [5.74, 6) is 5.58. The molecule has 0 amide bonds. The monoisotopic (exact) mass is 205 g/mol. The Labute approximate surface area is 86.4 Å². The molecule has 0 aromatic heterocycles. The van der Waals surface area contributed by atoms with Gasteiger partial charge in [-0.3, -0.25) is 14.8 Å². The van der Waals surface area contributed by atoms with Crippen LogP contribution in [0.3, 0.4) is 0 Å². The highest BCUT2D eigenvalue weighted by atomic mass is 16.3. The topological polar surface area (TPSA) is 78.9 Å². The summed E-state index contributed by atoms with van der Waals surface area (Å²) in [6, 6.07) is 7.85. The van der Waals surface area contributed by atoms with Gasteiger partial charge < -0.3 is 5.11 Å². The molecular formula is C10H11N3O2. The number of rotatable bonds is 0. The van der Waals surface area contributed by atoms with Gasteiger partial charge in [-0.2, -0.15) is 0 Å². The molecule has 0 aliphatic carbocycles. The number of nitrogens with two attached hydrogens (primary N) is 1. The van der Waals surface area contributed by atoms with E-state index in [4.69, 9.17) is 15.7 Å². The summed E-state index contributed by atoms with van der Waals surface area (Å²) in [5.41, 5.74) is 0. The molecule has 5 heteroatoms. The van der Waals surface area contributed by atoms with E-state index in [0.29, 0.717) is 0 Å². The van der Waals surface area contributed by atoms with E-state index in [-0.39, 0.29) is 6.47 Å². The number of carbonyl (C=O) groups is 1. The Bertz CT molecular complexity index is 468. The molecule has 0 fully saturated rings. The first-order valence-corrected chi connectivity index (χ1v) is 4.20. The van der Waals surface area contributed by atoms with E-state index < -0.39 is 0 Å². The summed E-state index contributed by atoms with van der Waals surface area (Å²) < 4.78 is 0. The van der Waals surface area contributed by atoms with Crippen LogP contribution in [0.2, 0.25) is 0 Å². The normalized spacial score (nSPS) is 12.2. The lowest BCUT2D eigenvalue weighted by molar-refractivity contribution is -0.122. The number of hydrogen-bond acceptors (Lipinski definition) is 4. The van der Waals surface area contributed by atoms with Crippen molar-refractivity contribution in [3.63, 3.8) is 0 Å². The van der Waals surface area contributed by atoms with Crippen LogP contribution >= 0.6 is 0 Å². The predicted octanol–water partition coefficient (Wildman–Crippen LogP) is -0.595. The van der Waals surface area contributed by atoms with E-state index in [0.717, 1.165) is 10.6 Å². The zero-order chi connectivity index (χ0) is 11.1. The number of hydrazine groups is 1. The van der Waals surface area contributed by atoms with Gasteiger partial charge in [-0.1, -0.05) is 18.2 Å². The second kappa shape index (κ2) is 5.56. The number of para-hydroxylation sites is 1. The van der Waals surface area contributed by atoms with Crippen LogP contribution in [0.15, 0.2) is 41.7 Å². The molecule has 0 unspecified atom stereocenters. The quantitative estimate of drug-likeness (QED) is 0.438. The molecule has 2 rings (SSSR count). The second-order valence-electron chi connectivity index (χ2n) is 2.67. The fourth-order valence-electron chi connectivity index (χ4n) is 1.11. The highest BCUT2D eigenvalue weighted by molar-refractivity contribution is 5.32. The molecule has 1 aliphatic heterocycles. The summed E-state index contributed by atoms with van der Waals surface area (Å²) in [7, 11) is 0. The van der Waals surface area contributed by atoms with Crippen LogP contribution in [0.25, 0.3) is 6.20 Å². The smallest absolute Gasteiger partial charge is 0.290 e. The van der Waals surface area contributed by atoms with Gasteiger partial charge in [0.1, 0.15) is 0 Å². The van der Waals surface area contributed by atoms with Crippen LogP contribution < -0.4 is 16.4 Å². The van der Waals surface area contributed by atoms with E-state index >= 15 is 0 Å². The van der Waals surface area contributed by atoms with Crippen molar-refractivity contribution in [3.05, 3.63) is 47.2 Å². The van der Waals surface area contributed by atoms with Gasteiger partial charge in [0.15, 0.2) is 0 Å². The van der Waals surface area contributed by atoms with Crippen LogP contribution in [0.4, 0.5) is 0 Å². The SMILES string of the molecule is NN1C=CN=c2ccccc2=C1.O=CO. The maximum atomic E-state index is 8.36. The Balaban J connectivity index is 0.000000337. The van der Waals surface area contributed by atoms with Crippen molar-refractivity contribution in [1.82, 2.24) is 5.01 Å². The molecular weight excluding hydrogens is 194 g/mol. The minimum atomic E-state index is -0.250. The predicted molar refractivity (Wildman–Crippen MR) is 55.5 cm³/mol. The molecule has 15 heavy (non-hydrogen) atoms. The van der Waals surface area contributed by atoms with E-state index in [1.54, 1.807) is 12.4 Å². The van der Waals surface area contributed by atoms with Crippen molar-refractivity contribution in [3.8, 4) is 0 Å². The van der Waals surface area contributed by atoms with Gasteiger partial charge >= 0.3 is 0 Å². The van der Waals surface area contributed by atoms with Crippen LogP contribution in [0.1, 0.15) is 0 Å². The first-order chi connectivity index (χ1) is 7.27. The summed E-state index contributed by atoms with van der Waals surface area (Å²) in [4.78, 5) is 12.6. The van der Waals surface area contributed by atoms with E-state index in [1.165, 1.54) is 5.01 Å². The van der Waals surface area contributed by atoms with E-state index in [2.05, 4.69) is 4.99 Å². The van der Waals surface area contributed by atoms with Crippen molar-refractivity contribution in [1.29, 1.82) is 0 Å². The molecule has 3 N–H and O–H groups in total. The molecule has 5 nitrogen and oxygen atoms in total. The molecule has 0 saturated carbocycles. The Hall–Kier alpha value is -2.14. The first-order valence-electron chi connectivity index (χ1n) is 4.20. The van der Waals surface area contributed by atoms with Crippen LogP contribution in [-0.4, -0.2) is 16.6 Å². The molecule has 0 saturated heterocycles. The van der Waals surface area contributed by atoms with Gasteiger partial charge in [0, 0.05) is 23.8 Å². The highest BCUT2D eigenvalue weighted by Crippen LogP contribution is 1.84. The number of carboxylic acid groups (broad SMARTS) is 1. The second-order valence-corrected chi connectivity index (χ2v) is 2.67. The molecule has 0 atom stereocenters. The average Bonchev–Trinajstić information content (AvgIpc) is 2.39. The zero-order valence-corrected chi connectivity index (χ0v) is 7.95. The standard InChI is InChI=1S/C9H9N3.CH2O2/c10-12-6-5-11-9-4-2-1-3-8(9)7-12;2-1-3/h1-7H,10H2;1H,(H,2,3). The summed E-state index contributed by atoms with van der Waals surface area (Å²) in [6.45, 7) is -0.250. The fourth-order valence-corrected chi connectivity index (χ4v) is 1.11. The highest BCUT2D eigenvalue weighted by Gasteiger charge is 1.90. The number of benzene rings is 1. The van der Waals surface area contributed by atoms with Gasteiger partial charge in [0.05, 0.1) is 5.36 Å². The molecule has 0 spiro atoms. The van der Waals surface area contributed by atoms with Crippen molar-refractivity contribution < 1.29 is 9.90 Å². The third-order valence-electron chi connectivity index (χ3n) is 1.68. The summed E-state index contributed by atoms with van der Waals surface area (Å²) >= 11 is 0. The van der Waals surface area contributed by atoms with Crippen molar-refractivity contribution >= 4 is 12.7 Å². The Morgan fingerprint density at radius 2 is 2.07 bits per heavy atom. The fraction of sp³-hybridized carbons (Fsp3) is 0. The number of fused-ring (bicyclic) bond motifs is 1. The average molecular weight is 205 g/mol. The van der Waals surface area contributed by atoms with Crippen LogP contribution in [-0.2, 0) is 4.79 Å². The molecule has 1 aromatic carbocycles. The third-order valence-corrected chi connectivity index (χ3v) is 1.68. The number of nitrogens with zero attached hydrogens (tertiary/aromatic N) is 2. The molecule has 1 heterocycles. The van der Waals surface area contributed by atoms with Gasteiger partial charge in [0.2, 0.25) is 0 Å². The Morgan fingerprint density at radius 3 is 2.80 bits per heavy atom. The van der Waals surface area contributed by atoms with Gasteiger partial charge in [0.25, 0.3) is 6.47 Å². The first kappa shape index (κ1) is 10.9. The van der Waals surface area contributed by atoms with Crippen LogP contribution in [0.5, 0.6) is 0 Å². The van der Waals surface area contributed by atoms with Crippen molar-refractivity contribution in [2.45, 2.75) is 0 Å².